The SMILES string of the molecule is CCCCc1c(-c2ccccc2C)[nH]n(CC(C)C)c1=O. The summed E-state index contributed by atoms with van der Waals surface area (Å²) in [6.45, 7) is 9.26. The Hall–Kier alpha value is -1.77. The van der Waals surface area contributed by atoms with E-state index in [0.717, 1.165) is 42.6 Å². The van der Waals surface area contributed by atoms with Gasteiger partial charge in [0, 0.05) is 17.7 Å². The minimum Gasteiger partial charge on any atom is -0.295 e. The first-order chi connectivity index (χ1) is 10.0. The molecule has 1 heterocycles. The summed E-state index contributed by atoms with van der Waals surface area (Å²) in [5.74, 6) is 0.449. The van der Waals surface area contributed by atoms with Crippen molar-refractivity contribution in [1.82, 2.24) is 9.78 Å². The van der Waals surface area contributed by atoms with Crippen LogP contribution in [-0.4, -0.2) is 9.78 Å². The van der Waals surface area contributed by atoms with Gasteiger partial charge in [-0.25, -0.2) is 0 Å². The van der Waals surface area contributed by atoms with Gasteiger partial charge in [0.25, 0.3) is 5.56 Å². The molecular formula is C18H26N2O. The quantitative estimate of drug-likeness (QED) is 0.851. The van der Waals surface area contributed by atoms with Crippen molar-refractivity contribution in [3.8, 4) is 11.3 Å². The average Bonchev–Trinajstić information content (AvgIpc) is 2.73. The van der Waals surface area contributed by atoms with Crippen LogP contribution in [0, 0.1) is 12.8 Å². The highest BCUT2D eigenvalue weighted by Crippen LogP contribution is 2.24. The van der Waals surface area contributed by atoms with Crippen LogP contribution in [0.4, 0.5) is 0 Å². The van der Waals surface area contributed by atoms with Gasteiger partial charge in [-0.2, -0.15) is 0 Å². The van der Waals surface area contributed by atoms with E-state index in [9.17, 15) is 4.79 Å². The number of benzene rings is 1. The van der Waals surface area contributed by atoms with Gasteiger partial charge in [-0.3, -0.25) is 14.6 Å². The van der Waals surface area contributed by atoms with Gasteiger partial charge in [-0.05, 0) is 31.2 Å². The summed E-state index contributed by atoms with van der Waals surface area (Å²) in [4.78, 5) is 12.6. The lowest BCUT2D eigenvalue weighted by molar-refractivity contribution is 0.473. The van der Waals surface area contributed by atoms with Crippen LogP contribution < -0.4 is 5.56 Å². The monoisotopic (exact) mass is 286 g/mol. The first kappa shape index (κ1) is 15.6. The van der Waals surface area contributed by atoms with E-state index in [2.05, 4.69) is 44.9 Å². The summed E-state index contributed by atoms with van der Waals surface area (Å²) in [5, 5.41) is 3.35. The molecule has 0 aliphatic heterocycles. The number of nitrogens with one attached hydrogen (secondary N) is 1. The molecule has 0 bridgehead atoms. The zero-order valence-electron chi connectivity index (χ0n) is 13.6. The highest BCUT2D eigenvalue weighted by atomic mass is 16.1. The van der Waals surface area contributed by atoms with Crippen molar-refractivity contribution in [3.05, 3.63) is 45.7 Å². The Morgan fingerprint density at radius 3 is 2.57 bits per heavy atom. The number of unbranched alkanes of at least 4 members (excludes halogenated alkanes) is 1. The van der Waals surface area contributed by atoms with Gasteiger partial charge in [0.15, 0.2) is 0 Å². The molecule has 2 rings (SSSR count). The molecule has 0 amide bonds. The van der Waals surface area contributed by atoms with Crippen molar-refractivity contribution in [2.45, 2.75) is 53.5 Å². The molecule has 0 radical (unpaired) electrons. The Morgan fingerprint density at radius 1 is 1.24 bits per heavy atom. The number of H-pyrrole nitrogens is 1. The molecule has 21 heavy (non-hydrogen) atoms. The lowest BCUT2D eigenvalue weighted by atomic mass is 10.00. The van der Waals surface area contributed by atoms with Gasteiger partial charge in [0.1, 0.15) is 0 Å². The largest absolute Gasteiger partial charge is 0.295 e. The number of nitrogens with zero attached hydrogens (tertiary/aromatic N) is 1. The summed E-state index contributed by atoms with van der Waals surface area (Å²) in [6.07, 6.45) is 3.00. The lowest BCUT2D eigenvalue weighted by Gasteiger charge is -2.06. The Balaban J connectivity index is 2.53. The van der Waals surface area contributed by atoms with Crippen molar-refractivity contribution in [1.29, 1.82) is 0 Å². The van der Waals surface area contributed by atoms with Crippen molar-refractivity contribution in [3.63, 3.8) is 0 Å². The molecule has 1 aromatic carbocycles. The zero-order valence-corrected chi connectivity index (χ0v) is 13.6. The Bertz CT molecular complexity index is 649. The molecule has 0 aliphatic rings. The van der Waals surface area contributed by atoms with E-state index >= 15 is 0 Å². The van der Waals surface area contributed by atoms with Crippen molar-refractivity contribution < 1.29 is 0 Å². The minimum absolute atomic E-state index is 0.149. The molecule has 1 aromatic heterocycles. The fraction of sp³-hybridized carbons (Fsp3) is 0.500. The summed E-state index contributed by atoms with van der Waals surface area (Å²) < 4.78 is 1.78. The fourth-order valence-corrected chi connectivity index (χ4v) is 2.68. The number of hydrogen-bond acceptors (Lipinski definition) is 1. The van der Waals surface area contributed by atoms with Crippen LogP contribution >= 0.6 is 0 Å². The van der Waals surface area contributed by atoms with Gasteiger partial charge in [0.2, 0.25) is 0 Å². The second-order valence-corrected chi connectivity index (χ2v) is 6.19. The topological polar surface area (TPSA) is 37.8 Å². The van der Waals surface area contributed by atoms with Crippen molar-refractivity contribution in [2.24, 2.45) is 5.92 Å². The standard InChI is InChI=1S/C18H26N2O/c1-5-6-10-16-17(15-11-8-7-9-14(15)4)19-20(18(16)21)12-13(2)3/h7-9,11,13,19H,5-6,10,12H2,1-4H3. The van der Waals surface area contributed by atoms with Crippen LogP contribution in [-0.2, 0) is 13.0 Å². The number of aromatic amines is 1. The molecule has 0 saturated heterocycles. The molecular weight excluding hydrogens is 260 g/mol. The Morgan fingerprint density at radius 2 is 1.95 bits per heavy atom. The van der Waals surface area contributed by atoms with E-state index in [1.165, 1.54) is 5.56 Å². The first-order valence-corrected chi connectivity index (χ1v) is 7.92. The van der Waals surface area contributed by atoms with Crippen LogP contribution in [0.25, 0.3) is 11.3 Å². The van der Waals surface area contributed by atoms with Crippen LogP contribution in [0.1, 0.15) is 44.7 Å². The minimum atomic E-state index is 0.149. The van der Waals surface area contributed by atoms with Crippen LogP contribution in [0.2, 0.25) is 0 Å². The molecule has 3 nitrogen and oxygen atoms in total. The van der Waals surface area contributed by atoms with Gasteiger partial charge in [0.05, 0.1) is 5.69 Å². The number of aryl methyl sites for hydroxylation is 1. The second-order valence-electron chi connectivity index (χ2n) is 6.19. The Labute approximate surface area is 127 Å². The third-order valence-corrected chi connectivity index (χ3v) is 3.79. The maximum Gasteiger partial charge on any atom is 0.270 e. The molecule has 0 unspecified atom stereocenters. The number of rotatable bonds is 6. The lowest BCUT2D eigenvalue weighted by Crippen LogP contribution is -2.21. The van der Waals surface area contributed by atoms with Gasteiger partial charge >= 0.3 is 0 Å². The fourth-order valence-electron chi connectivity index (χ4n) is 2.68. The predicted octanol–water partition coefficient (Wildman–Crippen LogP) is 4.15. The highest BCUT2D eigenvalue weighted by Gasteiger charge is 2.16. The van der Waals surface area contributed by atoms with Crippen molar-refractivity contribution in [2.75, 3.05) is 0 Å². The highest BCUT2D eigenvalue weighted by molar-refractivity contribution is 5.66. The summed E-state index contributed by atoms with van der Waals surface area (Å²) in [7, 11) is 0. The summed E-state index contributed by atoms with van der Waals surface area (Å²) >= 11 is 0. The van der Waals surface area contributed by atoms with Gasteiger partial charge < -0.3 is 0 Å². The maximum atomic E-state index is 12.6. The normalized spacial score (nSPS) is 11.3. The molecule has 0 spiro atoms. The molecule has 114 valence electrons. The van der Waals surface area contributed by atoms with Crippen LogP contribution in [0.15, 0.2) is 29.1 Å². The van der Waals surface area contributed by atoms with E-state index in [1.807, 2.05) is 12.1 Å². The molecule has 3 heteroatoms. The molecule has 0 saturated carbocycles. The van der Waals surface area contributed by atoms with E-state index in [0.29, 0.717) is 5.92 Å². The van der Waals surface area contributed by atoms with E-state index in [1.54, 1.807) is 4.68 Å². The molecule has 2 aromatic rings. The van der Waals surface area contributed by atoms with E-state index in [-0.39, 0.29) is 5.56 Å². The predicted molar refractivity (Wildman–Crippen MR) is 88.7 cm³/mol. The van der Waals surface area contributed by atoms with Gasteiger partial charge in [-0.1, -0.05) is 51.5 Å². The third-order valence-electron chi connectivity index (χ3n) is 3.79. The summed E-state index contributed by atoms with van der Waals surface area (Å²) in [6, 6.07) is 8.25. The second kappa shape index (κ2) is 6.79. The van der Waals surface area contributed by atoms with Crippen LogP contribution in [0.5, 0.6) is 0 Å². The maximum absolute atomic E-state index is 12.6. The smallest absolute Gasteiger partial charge is 0.270 e. The molecule has 0 fully saturated rings. The zero-order chi connectivity index (χ0) is 15.4. The van der Waals surface area contributed by atoms with E-state index < -0.39 is 0 Å². The molecule has 0 aliphatic carbocycles. The van der Waals surface area contributed by atoms with Gasteiger partial charge in [-0.15, -0.1) is 0 Å². The average molecular weight is 286 g/mol. The van der Waals surface area contributed by atoms with Crippen molar-refractivity contribution >= 4 is 0 Å². The van der Waals surface area contributed by atoms with Crippen LogP contribution in [0.3, 0.4) is 0 Å². The molecule has 1 N–H and O–H groups in total. The van der Waals surface area contributed by atoms with E-state index in [4.69, 9.17) is 0 Å². The number of hydrogen-bond donors (Lipinski definition) is 1. The third kappa shape index (κ3) is 3.46. The number of aromatic nitrogens is 2. The first-order valence-electron chi connectivity index (χ1n) is 7.92. The Kier molecular flexibility index (Phi) is 5.05. The summed E-state index contributed by atoms with van der Waals surface area (Å²) in [5.41, 5.74) is 4.44. The molecule has 0 atom stereocenters.